The molecular weight excluding hydrogens is 296 g/mol. The molecule has 0 radical (unpaired) electrons. The summed E-state index contributed by atoms with van der Waals surface area (Å²) in [5, 5.41) is 10.8. The van der Waals surface area contributed by atoms with Gasteiger partial charge in [0.05, 0.1) is 7.11 Å². The number of phenolic OH excluding ortho intramolecular Hbond substituents is 1. The Bertz CT molecular complexity index is 521. The third kappa shape index (κ3) is 4.46. The van der Waals surface area contributed by atoms with Crippen molar-refractivity contribution in [3.8, 4) is 11.5 Å². The normalized spacial score (nSPS) is 24.3. The molecule has 1 aliphatic carbocycles. The number of benzene rings is 1. The first-order chi connectivity index (χ1) is 11.5. The average Bonchev–Trinajstić information content (AvgIpc) is 2.54. The number of methoxy groups -OCH3 is 1. The Kier molecular flexibility index (Phi) is 7.01. The number of hydrogen-bond acceptors (Lipinski definition) is 2. The summed E-state index contributed by atoms with van der Waals surface area (Å²) in [7, 11) is 1.74. The van der Waals surface area contributed by atoms with Crippen LogP contribution in [-0.4, -0.2) is 12.2 Å². The first kappa shape index (κ1) is 19.1. The van der Waals surface area contributed by atoms with E-state index in [1.807, 2.05) is 6.07 Å². The molecule has 0 aliphatic heterocycles. The number of aromatic hydroxyl groups is 1. The van der Waals surface area contributed by atoms with Gasteiger partial charge in [0.1, 0.15) is 11.5 Å². The second-order valence-electron chi connectivity index (χ2n) is 8.12. The van der Waals surface area contributed by atoms with E-state index in [0.29, 0.717) is 23.5 Å². The maximum absolute atomic E-state index is 10.8. The summed E-state index contributed by atoms with van der Waals surface area (Å²) in [6.45, 7) is 9.19. The van der Waals surface area contributed by atoms with Crippen LogP contribution >= 0.6 is 0 Å². The van der Waals surface area contributed by atoms with Gasteiger partial charge in [0, 0.05) is 5.56 Å². The summed E-state index contributed by atoms with van der Waals surface area (Å²) in [5.74, 6) is 3.74. The molecule has 136 valence electrons. The van der Waals surface area contributed by atoms with Crippen LogP contribution in [0.15, 0.2) is 12.1 Å². The molecule has 2 heteroatoms. The average molecular weight is 333 g/mol. The van der Waals surface area contributed by atoms with E-state index in [4.69, 9.17) is 4.74 Å². The molecule has 24 heavy (non-hydrogen) atoms. The molecule has 0 aromatic heterocycles. The first-order valence-electron chi connectivity index (χ1n) is 9.87. The Labute approximate surface area is 148 Å². The molecule has 1 fully saturated rings. The number of hydrogen-bond donors (Lipinski definition) is 1. The van der Waals surface area contributed by atoms with Gasteiger partial charge in [0.15, 0.2) is 0 Å². The maximum atomic E-state index is 10.8. The topological polar surface area (TPSA) is 29.5 Å². The number of unbranched alkanes of at least 4 members (excludes halogenated alkanes) is 2. The number of aryl methyl sites for hydroxylation is 1. The molecule has 1 aromatic carbocycles. The van der Waals surface area contributed by atoms with Gasteiger partial charge in [0.2, 0.25) is 0 Å². The highest BCUT2D eigenvalue weighted by Gasteiger charge is 2.35. The Hall–Kier alpha value is -1.18. The summed E-state index contributed by atoms with van der Waals surface area (Å²) in [5.41, 5.74) is 2.26. The molecule has 3 atom stereocenters. The van der Waals surface area contributed by atoms with Crippen LogP contribution in [0.3, 0.4) is 0 Å². The maximum Gasteiger partial charge on any atom is 0.126 e. The molecule has 0 saturated heterocycles. The summed E-state index contributed by atoms with van der Waals surface area (Å²) in [6.07, 6.45) is 8.36. The third-order valence-corrected chi connectivity index (χ3v) is 5.86. The van der Waals surface area contributed by atoms with E-state index in [0.717, 1.165) is 30.1 Å². The summed E-state index contributed by atoms with van der Waals surface area (Å²) < 4.78 is 5.73. The standard InChI is InChI=1S/C22H36O2/c1-6-7-8-9-17-13-20(23)22(21(14-17)24-5)19-12-16(4)10-11-18(19)15(2)3/h13-16,18-19,23H,6-12H2,1-5H3/t16-,18+,19-/m1/s1. The Balaban J connectivity index is 2.33. The van der Waals surface area contributed by atoms with Crippen molar-refractivity contribution in [2.45, 2.75) is 78.6 Å². The second kappa shape index (κ2) is 8.78. The minimum Gasteiger partial charge on any atom is -0.508 e. The van der Waals surface area contributed by atoms with Crippen LogP contribution < -0.4 is 4.74 Å². The molecule has 2 rings (SSSR count). The minimum atomic E-state index is 0.411. The van der Waals surface area contributed by atoms with Gasteiger partial charge in [-0.1, -0.05) is 47.0 Å². The highest BCUT2D eigenvalue weighted by atomic mass is 16.5. The first-order valence-corrected chi connectivity index (χ1v) is 9.87. The summed E-state index contributed by atoms with van der Waals surface area (Å²) in [6, 6.07) is 4.16. The zero-order valence-corrected chi connectivity index (χ0v) is 16.3. The van der Waals surface area contributed by atoms with Gasteiger partial charge in [-0.05, 0) is 67.1 Å². The Morgan fingerprint density at radius 3 is 2.58 bits per heavy atom. The SMILES string of the molecule is CCCCCc1cc(O)c([C@@H]2C[C@H](C)CC[C@H]2C(C)C)c(OC)c1. The molecule has 0 bridgehead atoms. The number of ether oxygens (including phenoxy) is 1. The van der Waals surface area contributed by atoms with Gasteiger partial charge in [-0.3, -0.25) is 0 Å². The fraction of sp³-hybridized carbons (Fsp3) is 0.727. The van der Waals surface area contributed by atoms with Crippen LogP contribution in [-0.2, 0) is 6.42 Å². The minimum absolute atomic E-state index is 0.411. The van der Waals surface area contributed by atoms with Crippen LogP contribution in [0.1, 0.15) is 83.3 Å². The number of rotatable bonds is 7. The number of phenols is 1. The molecule has 2 nitrogen and oxygen atoms in total. The monoisotopic (exact) mass is 332 g/mol. The van der Waals surface area contributed by atoms with E-state index in [-0.39, 0.29) is 0 Å². The molecule has 0 heterocycles. The van der Waals surface area contributed by atoms with E-state index < -0.39 is 0 Å². The van der Waals surface area contributed by atoms with Crippen LogP contribution in [0.2, 0.25) is 0 Å². The van der Waals surface area contributed by atoms with E-state index >= 15 is 0 Å². The molecule has 1 saturated carbocycles. The summed E-state index contributed by atoms with van der Waals surface area (Å²) >= 11 is 0. The van der Waals surface area contributed by atoms with Gasteiger partial charge in [-0.15, -0.1) is 0 Å². The lowest BCUT2D eigenvalue weighted by Gasteiger charge is -2.38. The lowest BCUT2D eigenvalue weighted by atomic mass is 9.67. The van der Waals surface area contributed by atoms with Crippen molar-refractivity contribution in [2.24, 2.45) is 17.8 Å². The zero-order chi connectivity index (χ0) is 17.7. The molecule has 1 N–H and O–H groups in total. The van der Waals surface area contributed by atoms with Crippen molar-refractivity contribution in [3.05, 3.63) is 23.3 Å². The zero-order valence-electron chi connectivity index (χ0n) is 16.3. The van der Waals surface area contributed by atoms with Crippen molar-refractivity contribution in [2.75, 3.05) is 7.11 Å². The molecule has 0 amide bonds. The van der Waals surface area contributed by atoms with Crippen LogP contribution in [0.5, 0.6) is 11.5 Å². The van der Waals surface area contributed by atoms with E-state index in [1.54, 1.807) is 7.11 Å². The third-order valence-electron chi connectivity index (χ3n) is 5.86. The molecule has 0 spiro atoms. The largest absolute Gasteiger partial charge is 0.508 e. The van der Waals surface area contributed by atoms with Crippen molar-refractivity contribution in [1.82, 2.24) is 0 Å². The van der Waals surface area contributed by atoms with E-state index in [9.17, 15) is 5.11 Å². The van der Waals surface area contributed by atoms with Gasteiger partial charge in [-0.25, -0.2) is 0 Å². The fourth-order valence-corrected chi connectivity index (χ4v) is 4.47. The molecule has 1 aliphatic rings. The second-order valence-corrected chi connectivity index (χ2v) is 8.12. The van der Waals surface area contributed by atoms with E-state index in [1.165, 1.54) is 37.7 Å². The van der Waals surface area contributed by atoms with E-state index in [2.05, 4.69) is 33.8 Å². The van der Waals surface area contributed by atoms with Crippen LogP contribution in [0.4, 0.5) is 0 Å². The quantitative estimate of drug-likeness (QED) is 0.593. The summed E-state index contributed by atoms with van der Waals surface area (Å²) in [4.78, 5) is 0. The van der Waals surface area contributed by atoms with Crippen molar-refractivity contribution >= 4 is 0 Å². The molecule has 1 aromatic rings. The fourth-order valence-electron chi connectivity index (χ4n) is 4.47. The van der Waals surface area contributed by atoms with Gasteiger partial charge in [-0.2, -0.15) is 0 Å². The highest BCUT2D eigenvalue weighted by molar-refractivity contribution is 5.50. The molecular formula is C22H36O2. The van der Waals surface area contributed by atoms with Crippen molar-refractivity contribution < 1.29 is 9.84 Å². The predicted molar refractivity (Wildman–Crippen MR) is 102 cm³/mol. The lowest BCUT2D eigenvalue weighted by Crippen LogP contribution is -2.26. The van der Waals surface area contributed by atoms with Gasteiger partial charge in [0.25, 0.3) is 0 Å². The highest BCUT2D eigenvalue weighted by Crippen LogP contribution is 2.49. The van der Waals surface area contributed by atoms with Gasteiger partial charge < -0.3 is 9.84 Å². The Morgan fingerprint density at radius 1 is 1.21 bits per heavy atom. The molecule has 0 unspecified atom stereocenters. The predicted octanol–water partition coefficient (Wildman–Crippen LogP) is 6.31. The Morgan fingerprint density at radius 2 is 1.96 bits per heavy atom. The smallest absolute Gasteiger partial charge is 0.126 e. The van der Waals surface area contributed by atoms with Crippen LogP contribution in [0, 0.1) is 17.8 Å². The van der Waals surface area contributed by atoms with Crippen LogP contribution in [0.25, 0.3) is 0 Å². The van der Waals surface area contributed by atoms with Crippen molar-refractivity contribution in [3.63, 3.8) is 0 Å². The van der Waals surface area contributed by atoms with Crippen molar-refractivity contribution in [1.29, 1.82) is 0 Å². The lowest BCUT2D eigenvalue weighted by molar-refractivity contribution is 0.191. The van der Waals surface area contributed by atoms with Gasteiger partial charge >= 0.3 is 0 Å².